The van der Waals surface area contributed by atoms with Crippen molar-refractivity contribution >= 4 is 5.96 Å². The van der Waals surface area contributed by atoms with Gasteiger partial charge in [0.25, 0.3) is 0 Å². The summed E-state index contributed by atoms with van der Waals surface area (Å²) in [5.74, 6) is 2.38. The summed E-state index contributed by atoms with van der Waals surface area (Å²) >= 11 is 0. The Morgan fingerprint density at radius 1 is 1.29 bits per heavy atom. The maximum Gasteiger partial charge on any atom is 0.189 e. The van der Waals surface area contributed by atoms with E-state index in [9.17, 15) is 0 Å². The molecule has 2 aliphatic rings. The van der Waals surface area contributed by atoms with Gasteiger partial charge in [-0.2, -0.15) is 0 Å². The number of para-hydroxylation sites is 1. The van der Waals surface area contributed by atoms with Gasteiger partial charge in [-0.05, 0) is 25.3 Å². The average Bonchev–Trinajstić information content (AvgIpc) is 3.04. The Bertz CT molecular complexity index is 753. The molecule has 3 N–H and O–H groups in total. The van der Waals surface area contributed by atoms with Crippen molar-refractivity contribution in [1.82, 2.24) is 10.5 Å². The van der Waals surface area contributed by atoms with E-state index in [4.69, 9.17) is 15.0 Å². The van der Waals surface area contributed by atoms with Crippen LogP contribution < -0.4 is 15.8 Å². The monoisotopic (exact) mass is 326 g/mol. The number of aryl methyl sites for hydroxylation is 1. The lowest BCUT2D eigenvalue weighted by Gasteiger charge is -2.26. The van der Waals surface area contributed by atoms with Gasteiger partial charge in [-0.25, -0.2) is 4.99 Å². The Morgan fingerprint density at radius 3 is 3.12 bits per heavy atom. The van der Waals surface area contributed by atoms with E-state index in [1.54, 1.807) is 0 Å². The summed E-state index contributed by atoms with van der Waals surface area (Å²) in [5.41, 5.74) is 9.37. The summed E-state index contributed by atoms with van der Waals surface area (Å²) in [6, 6.07) is 8.17. The molecule has 2 heterocycles. The van der Waals surface area contributed by atoms with E-state index in [2.05, 4.69) is 21.5 Å². The molecule has 0 saturated carbocycles. The van der Waals surface area contributed by atoms with Crippen LogP contribution in [-0.2, 0) is 19.4 Å². The molecular weight excluding hydrogens is 304 g/mol. The predicted molar refractivity (Wildman–Crippen MR) is 90.9 cm³/mol. The van der Waals surface area contributed by atoms with E-state index in [1.165, 1.54) is 18.4 Å². The summed E-state index contributed by atoms with van der Waals surface area (Å²) in [5, 5.41) is 7.47. The molecule has 0 bridgehead atoms. The molecule has 0 radical (unpaired) electrons. The van der Waals surface area contributed by atoms with E-state index >= 15 is 0 Å². The molecule has 126 valence electrons. The van der Waals surface area contributed by atoms with E-state index in [-0.39, 0.29) is 6.04 Å². The van der Waals surface area contributed by atoms with Gasteiger partial charge in [-0.1, -0.05) is 23.4 Å². The number of rotatable bonds is 3. The number of ether oxygens (including phenoxy) is 1. The fourth-order valence-electron chi connectivity index (χ4n) is 3.45. The van der Waals surface area contributed by atoms with Gasteiger partial charge in [-0.15, -0.1) is 0 Å². The Morgan fingerprint density at radius 2 is 2.17 bits per heavy atom. The zero-order valence-electron chi connectivity index (χ0n) is 13.6. The van der Waals surface area contributed by atoms with Crippen LogP contribution in [-0.4, -0.2) is 17.7 Å². The van der Waals surface area contributed by atoms with Gasteiger partial charge >= 0.3 is 0 Å². The Labute approximate surface area is 141 Å². The molecule has 6 heteroatoms. The smallest absolute Gasteiger partial charge is 0.189 e. The predicted octanol–water partition coefficient (Wildman–Crippen LogP) is 2.48. The number of nitrogens with one attached hydrogen (secondary N) is 1. The first-order chi connectivity index (χ1) is 11.8. The van der Waals surface area contributed by atoms with Gasteiger partial charge in [0.2, 0.25) is 0 Å². The fourth-order valence-corrected chi connectivity index (χ4v) is 3.45. The third-order valence-electron chi connectivity index (χ3n) is 4.71. The minimum absolute atomic E-state index is 0.130. The Kier molecular flexibility index (Phi) is 4.11. The van der Waals surface area contributed by atoms with Gasteiger partial charge in [-0.3, -0.25) is 0 Å². The number of hydrogen-bond acceptors (Lipinski definition) is 4. The van der Waals surface area contributed by atoms with Crippen LogP contribution in [0.2, 0.25) is 0 Å². The first-order valence-electron chi connectivity index (χ1n) is 8.56. The first-order valence-corrected chi connectivity index (χ1v) is 8.56. The Hall–Kier alpha value is -2.50. The van der Waals surface area contributed by atoms with Crippen molar-refractivity contribution in [1.29, 1.82) is 0 Å². The molecular formula is C18H22N4O2. The number of aromatic nitrogens is 1. The largest absolute Gasteiger partial charge is 0.493 e. The van der Waals surface area contributed by atoms with Gasteiger partial charge in [0.1, 0.15) is 17.2 Å². The first kappa shape index (κ1) is 15.1. The molecule has 1 atom stereocenters. The molecule has 1 aliphatic heterocycles. The van der Waals surface area contributed by atoms with Crippen LogP contribution in [0.3, 0.4) is 0 Å². The highest BCUT2D eigenvalue weighted by atomic mass is 16.5. The second-order valence-electron chi connectivity index (χ2n) is 6.31. The minimum Gasteiger partial charge on any atom is -0.493 e. The highest BCUT2D eigenvalue weighted by molar-refractivity contribution is 5.78. The van der Waals surface area contributed by atoms with Crippen LogP contribution in [0.15, 0.2) is 33.8 Å². The third-order valence-corrected chi connectivity index (χ3v) is 4.71. The van der Waals surface area contributed by atoms with Gasteiger partial charge in [0.15, 0.2) is 5.96 Å². The summed E-state index contributed by atoms with van der Waals surface area (Å²) < 4.78 is 11.1. The van der Waals surface area contributed by atoms with Crippen molar-refractivity contribution < 1.29 is 9.26 Å². The number of guanidine groups is 1. The van der Waals surface area contributed by atoms with E-state index in [1.807, 2.05) is 18.2 Å². The zero-order valence-corrected chi connectivity index (χ0v) is 13.6. The molecule has 0 fully saturated rings. The number of aliphatic imine (C=N–C) groups is 1. The van der Waals surface area contributed by atoms with Crippen molar-refractivity contribution in [3.05, 3.63) is 46.8 Å². The third kappa shape index (κ3) is 2.96. The number of benzene rings is 1. The molecule has 0 spiro atoms. The number of nitrogens with two attached hydrogens (primary N) is 1. The lowest BCUT2D eigenvalue weighted by atomic mass is 9.96. The van der Waals surface area contributed by atoms with Crippen molar-refractivity contribution in [2.45, 2.75) is 44.7 Å². The second-order valence-corrected chi connectivity index (χ2v) is 6.31. The van der Waals surface area contributed by atoms with Crippen LogP contribution in [0.5, 0.6) is 5.75 Å². The SMILES string of the molecule is NC(=NCc1noc2c1CCCC2)NC1CCOc2ccccc21. The van der Waals surface area contributed by atoms with Crippen molar-refractivity contribution in [2.75, 3.05) is 6.61 Å². The van der Waals surface area contributed by atoms with Gasteiger partial charge in [0, 0.05) is 24.0 Å². The quantitative estimate of drug-likeness (QED) is 0.668. The minimum atomic E-state index is 0.130. The topological polar surface area (TPSA) is 85.7 Å². The average molecular weight is 326 g/mol. The molecule has 4 rings (SSSR count). The van der Waals surface area contributed by atoms with E-state index < -0.39 is 0 Å². The standard InChI is InChI=1S/C18H22N4O2/c19-18(20-11-15-13-6-2-4-8-17(13)24-22-15)21-14-9-10-23-16-7-3-1-5-12(14)16/h1,3,5,7,14H,2,4,6,8-11H2,(H3,19,20,21). The molecule has 1 aliphatic carbocycles. The zero-order chi connectivity index (χ0) is 16.4. The summed E-state index contributed by atoms with van der Waals surface area (Å²) in [4.78, 5) is 4.46. The number of hydrogen-bond donors (Lipinski definition) is 2. The molecule has 0 amide bonds. The number of fused-ring (bicyclic) bond motifs is 2. The number of nitrogens with zero attached hydrogens (tertiary/aromatic N) is 2. The second kappa shape index (κ2) is 6.55. The van der Waals surface area contributed by atoms with Crippen molar-refractivity contribution in [3.8, 4) is 5.75 Å². The molecule has 1 aromatic carbocycles. The van der Waals surface area contributed by atoms with Crippen LogP contribution in [0.25, 0.3) is 0 Å². The highest BCUT2D eigenvalue weighted by Crippen LogP contribution is 2.31. The van der Waals surface area contributed by atoms with Crippen LogP contribution in [0.4, 0.5) is 0 Å². The van der Waals surface area contributed by atoms with Crippen molar-refractivity contribution in [2.24, 2.45) is 10.7 Å². The maximum atomic E-state index is 6.09. The maximum absolute atomic E-state index is 6.09. The lowest BCUT2D eigenvalue weighted by molar-refractivity contribution is 0.262. The molecule has 24 heavy (non-hydrogen) atoms. The normalized spacial score (nSPS) is 20.0. The fraction of sp³-hybridized carbons (Fsp3) is 0.444. The van der Waals surface area contributed by atoms with Gasteiger partial charge in [0.05, 0.1) is 19.2 Å². The van der Waals surface area contributed by atoms with E-state index in [0.717, 1.165) is 42.0 Å². The van der Waals surface area contributed by atoms with Crippen LogP contribution in [0, 0.1) is 0 Å². The highest BCUT2D eigenvalue weighted by Gasteiger charge is 2.22. The van der Waals surface area contributed by atoms with Gasteiger partial charge < -0.3 is 20.3 Å². The Balaban J connectivity index is 1.44. The summed E-state index contributed by atoms with van der Waals surface area (Å²) in [7, 11) is 0. The van der Waals surface area contributed by atoms with E-state index in [0.29, 0.717) is 19.1 Å². The summed E-state index contributed by atoms with van der Waals surface area (Å²) in [6.07, 6.45) is 5.25. The molecule has 1 unspecified atom stereocenters. The van der Waals surface area contributed by atoms with Crippen LogP contribution >= 0.6 is 0 Å². The summed E-state index contributed by atoms with van der Waals surface area (Å²) in [6.45, 7) is 1.14. The van der Waals surface area contributed by atoms with Crippen LogP contribution in [0.1, 0.15) is 47.9 Å². The molecule has 6 nitrogen and oxygen atoms in total. The molecule has 1 aromatic heterocycles. The lowest BCUT2D eigenvalue weighted by Crippen LogP contribution is -2.37. The molecule has 0 saturated heterocycles. The molecule has 2 aromatic rings. The van der Waals surface area contributed by atoms with Crippen molar-refractivity contribution in [3.63, 3.8) is 0 Å².